The van der Waals surface area contributed by atoms with Gasteiger partial charge in [-0.1, -0.05) is 25.7 Å². The van der Waals surface area contributed by atoms with Gasteiger partial charge in [0.2, 0.25) is 0 Å². The predicted octanol–water partition coefficient (Wildman–Crippen LogP) is 7.27. The Bertz CT molecular complexity index is 606. The second kappa shape index (κ2) is 23.7. The van der Waals surface area contributed by atoms with Crippen molar-refractivity contribution >= 4 is 53.1 Å². The summed E-state index contributed by atoms with van der Waals surface area (Å²) in [6.07, 6.45) is 8.99. The quantitative estimate of drug-likeness (QED) is 0.0500. The van der Waals surface area contributed by atoms with Gasteiger partial charge in [0, 0.05) is 63.6 Å². The average Bonchev–Trinajstić information content (AvgIpc) is 2.88. The Kier molecular flexibility index (Phi) is 23.8. The van der Waals surface area contributed by atoms with E-state index in [1.54, 1.807) is 0 Å². The molecule has 0 aromatic rings. The van der Waals surface area contributed by atoms with Gasteiger partial charge in [-0.2, -0.15) is 0 Å². The van der Waals surface area contributed by atoms with E-state index in [0.29, 0.717) is 71.0 Å². The maximum atomic E-state index is 13.2. The molecule has 0 amide bonds. The molecule has 0 bridgehead atoms. The first-order chi connectivity index (χ1) is 19.1. The highest BCUT2D eigenvalue weighted by Gasteiger charge is 2.44. The van der Waals surface area contributed by atoms with Crippen molar-refractivity contribution in [2.45, 2.75) is 124 Å². The van der Waals surface area contributed by atoms with Crippen molar-refractivity contribution in [3.05, 3.63) is 0 Å². The smallest absolute Gasteiger partial charge is 0.374 e. The molecule has 0 saturated heterocycles. The molecule has 0 fully saturated rings. The summed E-state index contributed by atoms with van der Waals surface area (Å²) < 4.78 is 36.4. The molecule has 0 heterocycles. The molecule has 0 spiro atoms. The number of carbonyl (C=O) groups excluding carboxylic acids is 2. The van der Waals surface area contributed by atoms with Gasteiger partial charge in [-0.25, -0.2) is 0 Å². The molecule has 0 rings (SSSR count). The molecule has 40 heavy (non-hydrogen) atoms. The number of unbranched alkanes of at least 4 members (excludes halogenated alkanes) is 4. The van der Waals surface area contributed by atoms with Crippen LogP contribution in [-0.4, -0.2) is 67.5 Å². The Balaban J connectivity index is 5.63. The van der Waals surface area contributed by atoms with Crippen LogP contribution in [0.15, 0.2) is 0 Å². The van der Waals surface area contributed by atoms with Gasteiger partial charge in [-0.15, -0.1) is 25.3 Å². The predicted molar refractivity (Wildman–Crippen MR) is 172 cm³/mol. The molecule has 0 atom stereocenters. The van der Waals surface area contributed by atoms with Crippen LogP contribution in [0.5, 0.6) is 0 Å². The number of hydrogen-bond acceptors (Lipinski definition) is 8. The van der Waals surface area contributed by atoms with E-state index in [9.17, 15) is 9.59 Å². The van der Waals surface area contributed by atoms with Gasteiger partial charge in [-0.3, -0.25) is 9.59 Å². The molecule has 0 aromatic heterocycles. The zero-order valence-corrected chi connectivity index (χ0v) is 29.9. The van der Waals surface area contributed by atoms with E-state index in [2.05, 4.69) is 25.3 Å². The number of thiol groups is 2. The molecule has 0 radical (unpaired) electrons. The number of rotatable bonds is 29. The van der Waals surface area contributed by atoms with Crippen LogP contribution >= 0.6 is 25.3 Å². The van der Waals surface area contributed by atoms with E-state index >= 15 is 0 Å². The fraction of sp³-hybridized carbons (Fsp3) is 0.929. The van der Waals surface area contributed by atoms with Gasteiger partial charge in [-0.05, 0) is 80.1 Å². The van der Waals surface area contributed by atoms with E-state index in [4.69, 9.17) is 26.6 Å². The van der Waals surface area contributed by atoms with Crippen LogP contribution in [-0.2, 0) is 36.1 Å². The van der Waals surface area contributed by atoms with Crippen molar-refractivity contribution in [2.24, 2.45) is 5.41 Å². The minimum absolute atomic E-state index is 0.0590. The third kappa shape index (κ3) is 16.2. The van der Waals surface area contributed by atoms with Gasteiger partial charge >= 0.3 is 17.6 Å². The molecular formula is C28H58O8S2Si2. The molecule has 0 aliphatic heterocycles. The summed E-state index contributed by atoms with van der Waals surface area (Å²) in [7, 11) is -5.62. The molecule has 0 N–H and O–H groups in total. The summed E-state index contributed by atoms with van der Waals surface area (Å²) in [6.45, 7) is 14.9. The lowest BCUT2D eigenvalue weighted by Crippen LogP contribution is -2.46. The number of carbonyl (C=O) groups is 2. The van der Waals surface area contributed by atoms with Crippen molar-refractivity contribution in [3.8, 4) is 0 Å². The molecule has 0 saturated carbocycles. The first kappa shape index (κ1) is 40.2. The SMILES string of the molecule is CCO[Si](CCCC(CCCCCCCC(=O)S)(CCC[Si](OCC)(OCC)OCC)C(=O)S)(OCC)OCC. The Labute approximate surface area is 257 Å². The summed E-state index contributed by atoms with van der Waals surface area (Å²) >= 11 is 8.30. The summed E-state index contributed by atoms with van der Waals surface area (Å²) in [4.78, 5) is 24.3. The first-order valence-electron chi connectivity index (χ1n) is 15.4. The van der Waals surface area contributed by atoms with E-state index in [1.165, 1.54) is 0 Å². The molecular weight excluding hydrogens is 585 g/mol. The van der Waals surface area contributed by atoms with Crippen LogP contribution < -0.4 is 0 Å². The molecule has 0 aromatic carbocycles. The van der Waals surface area contributed by atoms with Crippen LogP contribution in [0.4, 0.5) is 0 Å². The van der Waals surface area contributed by atoms with Crippen molar-refractivity contribution < 1.29 is 36.1 Å². The van der Waals surface area contributed by atoms with Crippen LogP contribution in [0, 0.1) is 5.41 Å². The highest BCUT2D eigenvalue weighted by molar-refractivity contribution is 7.96. The summed E-state index contributed by atoms with van der Waals surface area (Å²) in [5.74, 6) is 0. The molecule has 12 heteroatoms. The van der Waals surface area contributed by atoms with Gasteiger partial charge < -0.3 is 26.6 Å². The maximum Gasteiger partial charge on any atom is 0.500 e. The van der Waals surface area contributed by atoms with Crippen LogP contribution in [0.2, 0.25) is 12.1 Å². The third-order valence-corrected chi connectivity index (χ3v) is 14.0. The lowest BCUT2D eigenvalue weighted by molar-refractivity contribution is -0.121. The summed E-state index contributed by atoms with van der Waals surface area (Å²) in [5.41, 5.74) is -0.570. The Morgan fingerprint density at radius 1 is 0.525 bits per heavy atom. The van der Waals surface area contributed by atoms with Crippen molar-refractivity contribution in [3.63, 3.8) is 0 Å². The Morgan fingerprint density at radius 3 is 1.18 bits per heavy atom. The van der Waals surface area contributed by atoms with Crippen molar-refractivity contribution in [1.29, 1.82) is 0 Å². The number of hydrogen-bond donors (Lipinski definition) is 2. The van der Waals surface area contributed by atoms with E-state index in [0.717, 1.165) is 51.4 Å². The highest BCUT2D eigenvalue weighted by Crippen LogP contribution is 2.41. The molecule has 0 unspecified atom stereocenters. The highest BCUT2D eigenvalue weighted by atomic mass is 32.1. The van der Waals surface area contributed by atoms with E-state index in [-0.39, 0.29) is 10.2 Å². The van der Waals surface area contributed by atoms with Crippen molar-refractivity contribution in [2.75, 3.05) is 39.6 Å². The van der Waals surface area contributed by atoms with Gasteiger partial charge in [0.25, 0.3) is 0 Å². The monoisotopic (exact) mass is 642 g/mol. The standard InChI is InChI=1S/C28H58O8S2Si2/c1-7-31-39(32-8-2,33-9-3)24-18-22-28(27(30)38,21-17-15-13-14-16-20-26(29)37)23-19-25-40(34-10-4,35-11-5)36-12-6/h7-25H2,1-6H3,(H,29,37)(H,30,38). The van der Waals surface area contributed by atoms with Crippen LogP contribution in [0.25, 0.3) is 0 Å². The third-order valence-electron chi connectivity index (χ3n) is 6.96. The first-order valence-corrected chi connectivity index (χ1v) is 20.2. The zero-order valence-electron chi connectivity index (χ0n) is 26.1. The zero-order chi connectivity index (χ0) is 30.3. The summed E-state index contributed by atoms with van der Waals surface area (Å²) in [6, 6.07) is 1.33. The molecule has 0 aliphatic carbocycles. The molecule has 8 nitrogen and oxygen atoms in total. The lowest BCUT2D eigenvalue weighted by atomic mass is 9.76. The fourth-order valence-electron chi connectivity index (χ4n) is 5.25. The van der Waals surface area contributed by atoms with E-state index in [1.807, 2.05) is 41.5 Å². The Morgan fingerprint density at radius 2 is 0.850 bits per heavy atom. The summed E-state index contributed by atoms with van der Waals surface area (Å²) in [5, 5.41) is -0.127. The second-order valence-corrected chi connectivity index (χ2v) is 16.3. The average molecular weight is 643 g/mol. The Hall–Kier alpha value is 0.234. The second-order valence-electron chi connectivity index (χ2n) is 9.92. The van der Waals surface area contributed by atoms with Gasteiger partial charge in [0.05, 0.1) is 0 Å². The topological polar surface area (TPSA) is 89.5 Å². The fourth-order valence-corrected chi connectivity index (χ4v) is 11.0. The molecule has 0 aliphatic rings. The largest absolute Gasteiger partial charge is 0.500 e. The van der Waals surface area contributed by atoms with Crippen molar-refractivity contribution in [1.82, 2.24) is 0 Å². The lowest BCUT2D eigenvalue weighted by Gasteiger charge is -2.34. The normalized spacial score (nSPS) is 12.7. The van der Waals surface area contributed by atoms with Crippen LogP contribution in [0.1, 0.15) is 112 Å². The van der Waals surface area contributed by atoms with Crippen LogP contribution in [0.3, 0.4) is 0 Å². The van der Waals surface area contributed by atoms with Gasteiger partial charge in [0.1, 0.15) is 0 Å². The minimum Gasteiger partial charge on any atom is -0.374 e. The maximum absolute atomic E-state index is 13.2. The minimum atomic E-state index is -2.81. The molecule has 238 valence electrons. The van der Waals surface area contributed by atoms with Gasteiger partial charge in [0.15, 0.2) is 10.2 Å². The van der Waals surface area contributed by atoms with E-state index < -0.39 is 23.0 Å².